The molecule has 1 amide bonds. The van der Waals surface area contributed by atoms with E-state index < -0.39 is 11.2 Å². The minimum atomic E-state index is -0.885. The molecule has 22 heavy (non-hydrogen) atoms. The van der Waals surface area contributed by atoms with Gasteiger partial charge in [-0.3, -0.25) is 0 Å². The zero-order valence-corrected chi connectivity index (χ0v) is 15.1. The third-order valence-corrected chi connectivity index (χ3v) is 4.27. The van der Waals surface area contributed by atoms with Crippen LogP contribution in [0.15, 0.2) is 5.38 Å². The number of likely N-dealkylation sites (tertiary alicyclic amines) is 1. The Hall–Kier alpha value is -1.14. The molecule has 0 radical (unpaired) electrons. The van der Waals surface area contributed by atoms with Crippen LogP contribution in [-0.4, -0.2) is 45.4 Å². The van der Waals surface area contributed by atoms with E-state index in [-0.39, 0.29) is 11.5 Å². The van der Waals surface area contributed by atoms with Crippen molar-refractivity contribution in [3.05, 3.63) is 16.1 Å². The van der Waals surface area contributed by atoms with Crippen LogP contribution in [0, 0.1) is 0 Å². The lowest BCUT2D eigenvalue weighted by molar-refractivity contribution is -0.0973. The number of nitrogens with zero attached hydrogens (tertiary/aromatic N) is 2. The summed E-state index contributed by atoms with van der Waals surface area (Å²) in [6, 6.07) is 0. The van der Waals surface area contributed by atoms with Crippen LogP contribution in [0.1, 0.15) is 52.2 Å². The van der Waals surface area contributed by atoms with Crippen molar-refractivity contribution in [1.82, 2.24) is 9.88 Å². The molecule has 1 N–H and O–H groups in total. The van der Waals surface area contributed by atoms with E-state index in [1.54, 1.807) is 11.3 Å². The summed E-state index contributed by atoms with van der Waals surface area (Å²) in [5, 5.41) is 13.5. The molecule has 124 valence electrons. The molecule has 5 nitrogen and oxygen atoms in total. The van der Waals surface area contributed by atoms with Crippen molar-refractivity contribution < 1.29 is 14.6 Å². The molecule has 0 unspecified atom stereocenters. The molecule has 0 aliphatic carbocycles. The van der Waals surface area contributed by atoms with Gasteiger partial charge in [0, 0.05) is 17.2 Å². The van der Waals surface area contributed by atoms with Gasteiger partial charge in [0.2, 0.25) is 0 Å². The summed E-state index contributed by atoms with van der Waals surface area (Å²) in [5.41, 5.74) is -0.343. The number of hydrogen-bond acceptors (Lipinski definition) is 5. The average Bonchev–Trinajstić information content (AvgIpc) is 2.71. The second-order valence-electron chi connectivity index (χ2n) is 8.11. The van der Waals surface area contributed by atoms with E-state index in [0.29, 0.717) is 19.5 Å². The van der Waals surface area contributed by atoms with Crippen LogP contribution in [0.5, 0.6) is 0 Å². The standard InChI is InChI=1S/C16H26N2O3S/c1-14(2,3)11-8-22-12(17-11)7-16(20)9-18(10-16)13(19)21-15(4,5)6/h8,20H,7,9-10H2,1-6H3. The first-order valence-corrected chi connectivity index (χ1v) is 8.41. The maximum atomic E-state index is 11.9. The van der Waals surface area contributed by atoms with Gasteiger partial charge in [-0.05, 0) is 20.8 Å². The lowest BCUT2D eigenvalue weighted by atomic mass is 9.90. The first-order valence-electron chi connectivity index (χ1n) is 7.53. The minimum absolute atomic E-state index is 0.0134. The van der Waals surface area contributed by atoms with Gasteiger partial charge < -0.3 is 14.7 Å². The van der Waals surface area contributed by atoms with Crippen LogP contribution in [0.25, 0.3) is 0 Å². The highest BCUT2D eigenvalue weighted by atomic mass is 32.1. The largest absolute Gasteiger partial charge is 0.444 e. The average molecular weight is 326 g/mol. The second kappa shape index (κ2) is 5.49. The van der Waals surface area contributed by atoms with E-state index in [4.69, 9.17) is 4.74 Å². The Bertz CT molecular complexity index is 548. The molecular formula is C16H26N2O3S. The molecule has 0 aromatic carbocycles. The lowest BCUT2D eigenvalue weighted by Gasteiger charge is -2.46. The zero-order chi connectivity index (χ0) is 16.8. The van der Waals surface area contributed by atoms with Crippen LogP contribution >= 0.6 is 11.3 Å². The summed E-state index contributed by atoms with van der Waals surface area (Å²) in [7, 11) is 0. The minimum Gasteiger partial charge on any atom is -0.444 e. The Morgan fingerprint density at radius 2 is 1.95 bits per heavy atom. The summed E-state index contributed by atoms with van der Waals surface area (Å²) in [4.78, 5) is 18.0. The van der Waals surface area contributed by atoms with E-state index in [0.717, 1.165) is 10.7 Å². The molecule has 0 spiro atoms. The van der Waals surface area contributed by atoms with Gasteiger partial charge in [0.1, 0.15) is 11.2 Å². The Labute approximate surface area is 136 Å². The number of rotatable bonds is 2. The van der Waals surface area contributed by atoms with Crippen LogP contribution < -0.4 is 0 Å². The zero-order valence-electron chi connectivity index (χ0n) is 14.3. The molecule has 0 atom stereocenters. The van der Waals surface area contributed by atoms with Gasteiger partial charge in [-0.15, -0.1) is 11.3 Å². The molecule has 0 bridgehead atoms. The van der Waals surface area contributed by atoms with Crippen molar-refractivity contribution in [3.63, 3.8) is 0 Å². The maximum Gasteiger partial charge on any atom is 0.410 e. The number of ether oxygens (including phenoxy) is 1. The van der Waals surface area contributed by atoms with Crippen molar-refractivity contribution in [2.45, 2.75) is 64.6 Å². The fourth-order valence-electron chi connectivity index (χ4n) is 2.25. The van der Waals surface area contributed by atoms with Crippen molar-refractivity contribution >= 4 is 17.4 Å². The predicted molar refractivity (Wildman–Crippen MR) is 87.3 cm³/mol. The molecule has 2 rings (SSSR count). The molecule has 6 heteroatoms. The smallest absolute Gasteiger partial charge is 0.410 e. The number of hydrogen-bond donors (Lipinski definition) is 1. The van der Waals surface area contributed by atoms with Gasteiger partial charge in [0.15, 0.2) is 0 Å². The normalized spacial score (nSPS) is 18.0. The van der Waals surface area contributed by atoms with Gasteiger partial charge in [-0.2, -0.15) is 0 Å². The Kier molecular flexibility index (Phi) is 4.30. The molecule has 0 saturated carbocycles. The van der Waals surface area contributed by atoms with E-state index >= 15 is 0 Å². The number of amides is 1. The number of aromatic nitrogens is 1. The first kappa shape index (κ1) is 17.2. The summed E-state index contributed by atoms with van der Waals surface area (Å²) >= 11 is 1.57. The number of thiazole rings is 1. The summed E-state index contributed by atoms with van der Waals surface area (Å²) in [5.74, 6) is 0. The van der Waals surface area contributed by atoms with Crippen LogP contribution in [0.3, 0.4) is 0 Å². The number of carbonyl (C=O) groups excluding carboxylic acids is 1. The second-order valence-corrected chi connectivity index (χ2v) is 9.06. The van der Waals surface area contributed by atoms with E-state index in [2.05, 4.69) is 25.8 Å². The van der Waals surface area contributed by atoms with Crippen molar-refractivity contribution in [1.29, 1.82) is 0 Å². The van der Waals surface area contributed by atoms with Crippen LogP contribution in [-0.2, 0) is 16.6 Å². The molecule has 2 heterocycles. The molecule has 1 saturated heterocycles. The number of aliphatic hydroxyl groups is 1. The molecule has 1 fully saturated rings. The van der Waals surface area contributed by atoms with Crippen molar-refractivity contribution in [2.24, 2.45) is 0 Å². The van der Waals surface area contributed by atoms with Gasteiger partial charge in [-0.1, -0.05) is 20.8 Å². The Balaban J connectivity index is 1.91. The number of β-amino-alcohol motifs (C(OH)–C–C–N with tert-alkyl or cyclic N) is 1. The predicted octanol–water partition coefficient (Wildman–Crippen LogP) is 2.96. The Morgan fingerprint density at radius 3 is 2.41 bits per heavy atom. The van der Waals surface area contributed by atoms with E-state index in [1.165, 1.54) is 4.90 Å². The molecule has 1 aliphatic heterocycles. The molecule has 1 aromatic rings. The van der Waals surface area contributed by atoms with Crippen molar-refractivity contribution in [3.8, 4) is 0 Å². The molecule has 1 aliphatic rings. The molecule has 1 aromatic heterocycles. The van der Waals surface area contributed by atoms with E-state index in [1.807, 2.05) is 26.2 Å². The highest BCUT2D eigenvalue weighted by Crippen LogP contribution is 2.30. The quantitative estimate of drug-likeness (QED) is 0.907. The third-order valence-electron chi connectivity index (χ3n) is 3.42. The van der Waals surface area contributed by atoms with Gasteiger partial charge in [0.25, 0.3) is 0 Å². The number of carbonyl (C=O) groups is 1. The van der Waals surface area contributed by atoms with Gasteiger partial charge in [0.05, 0.1) is 23.8 Å². The first-order chi connectivity index (χ1) is 9.88. The highest BCUT2D eigenvalue weighted by molar-refractivity contribution is 7.09. The maximum absolute atomic E-state index is 11.9. The SMILES string of the molecule is CC(C)(C)OC(=O)N1CC(O)(Cc2nc(C(C)(C)C)cs2)C1. The molecular weight excluding hydrogens is 300 g/mol. The van der Waals surface area contributed by atoms with Crippen LogP contribution in [0.2, 0.25) is 0 Å². The topological polar surface area (TPSA) is 62.7 Å². The van der Waals surface area contributed by atoms with E-state index in [9.17, 15) is 9.90 Å². The fraction of sp³-hybridized carbons (Fsp3) is 0.750. The van der Waals surface area contributed by atoms with Crippen molar-refractivity contribution in [2.75, 3.05) is 13.1 Å². The van der Waals surface area contributed by atoms with Gasteiger partial charge >= 0.3 is 6.09 Å². The monoisotopic (exact) mass is 326 g/mol. The highest BCUT2D eigenvalue weighted by Gasteiger charge is 2.45. The summed E-state index contributed by atoms with van der Waals surface area (Å²) in [6.07, 6.45) is 0.110. The summed E-state index contributed by atoms with van der Waals surface area (Å²) < 4.78 is 5.30. The Morgan fingerprint density at radius 1 is 1.36 bits per heavy atom. The third kappa shape index (κ3) is 4.20. The van der Waals surface area contributed by atoms with Gasteiger partial charge in [-0.25, -0.2) is 9.78 Å². The lowest BCUT2D eigenvalue weighted by Crippen LogP contribution is -2.65. The summed E-state index contributed by atoms with van der Waals surface area (Å²) in [6.45, 7) is 12.5. The fourth-order valence-corrected chi connectivity index (χ4v) is 3.41. The van der Waals surface area contributed by atoms with Crippen LogP contribution in [0.4, 0.5) is 4.79 Å².